The second-order valence-corrected chi connectivity index (χ2v) is 17.9. The molecule has 0 bridgehead atoms. The van der Waals surface area contributed by atoms with Gasteiger partial charge in [-0.3, -0.25) is 0 Å². The van der Waals surface area contributed by atoms with Gasteiger partial charge in [0.15, 0.2) is 0 Å². The van der Waals surface area contributed by atoms with Crippen molar-refractivity contribution in [1.82, 2.24) is 44.3 Å². The minimum Gasteiger partial charge on any atom is -0.383 e. The lowest BCUT2D eigenvalue weighted by Crippen LogP contribution is -2.39. The Labute approximate surface area is 394 Å². The Kier molecular flexibility index (Phi) is 13.1. The number of benzene rings is 5. The van der Waals surface area contributed by atoms with Crippen LogP contribution in [0.3, 0.4) is 0 Å². The average molecular weight is 951 g/mol. The van der Waals surface area contributed by atoms with Gasteiger partial charge in [0.25, 0.3) is 0 Å². The van der Waals surface area contributed by atoms with Crippen LogP contribution in [-0.4, -0.2) is 49.4 Å². The maximum absolute atomic E-state index is 13.3. The molecule has 12 nitrogen and oxygen atoms in total. The van der Waals surface area contributed by atoms with Crippen LogP contribution in [0, 0.1) is 23.5 Å². The fraction of sp³-hybridized carbons (Fsp3) is 0.265. The van der Waals surface area contributed by atoms with E-state index in [4.69, 9.17) is 44.3 Å². The van der Waals surface area contributed by atoms with Crippen LogP contribution in [0.25, 0.3) is 0 Å². The van der Waals surface area contributed by atoms with Crippen molar-refractivity contribution < 1.29 is 23.4 Å². The fourth-order valence-corrected chi connectivity index (χ4v) is 9.17. The summed E-state index contributed by atoms with van der Waals surface area (Å²) in [4.78, 5) is 11.9. The predicted octanol–water partition coefficient (Wildman–Crippen LogP) is 10.3. The number of ether oxygens (including phenoxy) is 2. The number of hydrogen-bond acceptors (Lipinski definition) is 9. The SMILES string of the molecule is CC(C1CC1)C(O)(Cn1cncn1)c1ccc(Cl)cc1.Fc1ccc([C@@]2(Cn3cncn3)O[C@@H]2c2ccccc2Cl)cc1.Fc1ccc([C@]2(Cn3cncn3)O[C@H]2c2ccccc2Cl)cc1. The molecular weight excluding hydrogens is 907 g/mol. The summed E-state index contributed by atoms with van der Waals surface area (Å²) in [5, 5.41) is 25.7. The lowest BCUT2D eigenvalue weighted by Gasteiger charge is -2.35. The number of epoxide rings is 2. The van der Waals surface area contributed by atoms with Crippen LogP contribution in [0.4, 0.5) is 8.78 Å². The highest BCUT2D eigenvalue weighted by molar-refractivity contribution is 6.31. The van der Waals surface area contributed by atoms with Crippen LogP contribution in [0.1, 0.15) is 59.8 Å². The van der Waals surface area contributed by atoms with Gasteiger partial charge in [-0.1, -0.05) is 115 Å². The molecule has 2 unspecified atom stereocenters. The molecule has 3 aliphatic rings. The van der Waals surface area contributed by atoms with Gasteiger partial charge in [0.2, 0.25) is 0 Å². The first-order valence-corrected chi connectivity index (χ1v) is 22.4. The molecule has 0 radical (unpaired) electrons. The number of aliphatic hydroxyl groups is 1. The van der Waals surface area contributed by atoms with Crippen LogP contribution in [0.15, 0.2) is 159 Å². The highest BCUT2D eigenvalue weighted by atomic mass is 35.5. The molecule has 338 valence electrons. The van der Waals surface area contributed by atoms with E-state index in [1.165, 1.54) is 56.1 Å². The molecule has 5 heterocycles. The molecule has 6 atom stereocenters. The highest BCUT2D eigenvalue weighted by Gasteiger charge is 2.60. The van der Waals surface area contributed by atoms with E-state index in [-0.39, 0.29) is 29.8 Å². The first-order valence-electron chi connectivity index (χ1n) is 21.3. The molecule has 1 aliphatic carbocycles. The largest absolute Gasteiger partial charge is 0.383 e. The molecule has 8 aromatic rings. The normalized spacial score (nSPS) is 21.9. The van der Waals surface area contributed by atoms with Crippen LogP contribution in [0.2, 0.25) is 15.1 Å². The van der Waals surface area contributed by atoms with Gasteiger partial charge in [0.05, 0.1) is 19.6 Å². The van der Waals surface area contributed by atoms with Crippen molar-refractivity contribution in [2.75, 3.05) is 0 Å². The molecule has 0 amide bonds. The van der Waals surface area contributed by atoms with Gasteiger partial charge < -0.3 is 14.6 Å². The lowest BCUT2D eigenvalue weighted by molar-refractivity contribution is -0.0442. The van der Waals surface area contributed by atoms with Crippen LogP contribution >= 0.6 is 34.8 Å². The Morgan fingerprint density at radius 1 is 0.621 bits per heavy atom. The molecule has 2 aliphatic heterocycles. The quantitative estimate of drug-likeness (QED) is 0.112. The van der Waals surface area contributed by atoms with E-state index in [0.717, 1.165) is 27.8 Å². The van der Waals surface area contributed by atoms with Crippen molar-refractivity contribution in [2.24, 2.45) is 11.8 Å². The first-order chi connectivity index (χ1) is 32.0. The zero-order chi connectivity index (χ0) is 45.9. The Hall–Kier alpha value is -5.87. The van der Waals surface area contributed by atoms with Gasteiger partial charge in [-0.25, -0.2) is 37.8 Å². The summed E-state index contributed by atoms with van der Waals surface area (Å²) >= 11 is 18.6. The maximum Gasteiger partial charge on any atom is 0.144 e. The fourth-order valence-electron chi connectivity index (χ4n) is 8.58. The van der Waals surface area contributed by atoms with E-state index in [0.29, 0.717) is 40.6 Å². The summed E-state index contributed by atoms with van der Waals surface area (Å²) in [6.07, 6.45) is 11.3. The minimum absolute atomic E-state index is 0.174. The van der Waals surface area contributed by atoms with E-state index < -0.39 is 16.8 Å². The molecule has 11 rings (SSSR count). The van der Waals surface area contributed by atoms with E-state index in [9.17, 15) is 13.9 Å². The van der Waals surface area contributed by atoms with Crippen LogP contribution in [0.5, 0.6) is 0 Å². The molecular formula is C49H44Cl3F2N9O3. The minimum atomic E-state index is -0.945. The van der Waals surface area contributed by atoms with Crippen molar-refractivity contribution in [3.63, 3.8) is 0 Å². The van der Waals surface area contributed by atoms with Crippen LogP contribution < -0.4 is 0 Å². The third-order valence-electron chi connectivity index (χ3n) is 12.5. The third-order valence-corrected chi connectivity index (χ3v) is 13.4. The molecule has 3 aromatic heterocycles. The average Bonchev–Trinajstić information content (AvgIpc) is 4.24. The van der Waals surface area contributed by atoms with Gasteiger partial charge in [-0.2, -0.15) is 15.3 Å². The molecule has 2 saturated heterocycles. The zero-order valence-corrected chi connectivity index (χ0v) is 37.8. The summed E-state index contributed by atoms with van der Waals surface area (Å²) in [5.74, 6) is 0.200. The van der Waals surface area contributed by atoms with Gasteiger partial charge in [-0.15, -0.1) is 0 Å². The van der Waals surface area contributed by atoms with Gasteiger partial charge in [0.1, 0.15) is 78.6 Å². The lowest BCUT2D eigenvalue weighted by atomic mass is 9.79. The molecule has 1 saturated carbocycles. The van der Waals surface area contributed by atoms with Crippen LogP contribution in [-0.2, 0) is 45.9 Å². The number of nitrogens with zero attached hydrogens (tertiary/aromatic N) is 9. The summed E-state index contributed by atoms with van der Waals surface area (Å²) in [7, 11) is 0. The van der Waals surface area contributed by atoms with Crippen molar-refractivity contribution in [3.05, 3.63) is 214 Å². The zero-order valence-electron chi connectivity index (χ0n) is 35.5. The molecule has 3 fully saturated rings. The molecule has 0 spiro atoms. The smallest absolute Gasteiger partial charge is 0.144 e. The first kappa shape index (κ1) is 45.3. The second-order valence-electron chi connectivity index (χ2n) is 16.7. The standard InChI is InChI=1S/2C17H13ClFN3O.C15H18ClN3O/c2*18-15-4-2-1-3-14(15)16-17(23-16,9-22-11-20-10-21-22)12-5-7-13(19)8-6-12;1-11(12-2-3-12)15(20,8-19-10-17-9-18-19)13-4-6-14(16)7-5-13/h2*1-8,10-11,16H,9H2;4-7,9-12,20H,2-3,8H2,1H3/t2*16-,17-;/m10./s1. The van der Waals surface area contributed by atoms with E-state index in [1.54, 1.807) is 57.3 Å². The molecule has 5 aromatic carbocycles. The van der Waals surface area contributed by atoms with Gasteiger partial charge in [0, 0.05) is 26.2 Å². The Balaban J connectivity index is 0.000000125. The highest BCUT2D eigenvalue weighted by Crippen LogP contribution is 2.60. The Morgan fingerprint density at radius 2 is 1.05 bits per heavy atom. The van der Waals surface area contributed by atoms with E-state index in [1.807, 2.05) is 72.8 Å². The molecule has 17 heteroatoms. The van der Waals surface area contributed by atoms with Crippen molar-refractivity contribution in [3.8, 4) is 0 Å². The molecule has 66 heavy (non-hydrogen) atoms. The Morgan fingerprint density at radius 3 is 1.44 bits per heavy atom. The summed E-state index contributed by atoms with van der Waals surface area (Å²) in [5.41, 5.74) is 2.31. The monoisotopic (exact) mass is 949 g/mol. The van der Waals surface area contributed by atoms with Crippen molar-refractivity contribution >= 4 is 34.8 Å². The summed E-state index contributed by atoms with van der Waals surface area (Å²) in [6.45, 7) is 3.48. The van der Waals surface area contributed by atoms with Crippen molar-refractivity contribution in [1.29, 1.82) is 0 Å². The Bertz CT molecular complexity index is 2680. The summed E-state index contributed by atoms with van der Waals surface area (Å²) in [6, 6.07) is 35.3. The number of rotatable bonds is 13. The van der Waals surface area contributed by atoms with Crippen molar-refractivity contribution in [2.45, 2.75) is 68.4 Å². The number of hydrogen-bond donors (Lipinski definition) is 1. The maximum atomic E-state index is 13.3. The van der Waals surface area contributed by atoms with E-state index >= 15 is 0 Å². The topological polar surface area (TPSA) is 137 Å². The third kappa shape index (κ3) is 9.80. The summed E-state index contributed by atoms with van der Waals surface area (Å²) < 4.78 is 43.8. The predicted molar refractivity (Wildman–Crippen MR) is 244 cm³/mol. The van der Waals surface area contributed by atoms with E-state index in [2.05, 4.69) is 37.2 Å². The van der Waals surface area contributed by atoms with Gasteiger partial charge in [-0.05, 0) is 89.9 Å². The number of halogens is 5. The molecule has 1 N–H and O–H groups in total. The number of aromatic nitrogens is 9. The second kappa shape index (κ2) is 19.2. The van der Waals surface area contributed by atoms with Gasteiger partial charge >= 0.3 is 0 Å².